The first-order valence-corrected chi connectivity index (χ1v) is 9.03. The second-order valence-electron chi connectivity index (χ2n) is 7.13. The summed E-state index contributed by atoms with van der Waals surface area (Å²) in [5, 5.41) is 14.2. The van der Waals surface area contributed by atoms with Crippen molar-refractivity contribution < 1.29 is 14.0 Å². The molecular weight excluding hydrogens is 363 g/mol. The number of amides is 2. The predicted octanol–water partition coefficient (Wildman–Crippen LogP) is 1.54. The average molecular weight is 382 g/mol. The molecule has 28 heavy (non-hydrogen) atoms. The van der Waals surface area contributed by atoms with Crippen molar-refractivity contribution in [1.82, 2.24) is 30.3 Å². The van der Waals surface area contributed by atoms with E-state index in [1.807, 2.05) is 6.92 Å². The summed E-state index contributed by atoms with van der Waals surface area (Å²) < 4.78 is 14.5. The Balaban J connectivity index is 1.47. The molecule has 1 N–H and O–H groups in total. The zero-order valence-electron chi connectivity index (χ0n) is 15.2. The maximum absolute atomic E-state index is 13.0. The van der Waals surface area contributed by atoms with Crippen LogP contribution in [0, 0.1) is 11.7 Å². The van der Waals surface area contributed by atoms with Gasteiger partial charge in [0.15, 0.2) is 5.65 Å². The van der Waals surface area contributed by atoms with Crippen molar-refractivity contribution in [1.29, 1.82) is 0 Å². The van der Waals surface area contributed by atoms with Crippen molar-refractivity contribution in [3.8, 4) is 0 Å². The van der Waals surface area contributed by atoms with Gasteiger partial charge >= 0.3 is 0 Å². The summed E-state index contributed by atoms with van der Waals surface area (Å²) in [5.41, 5.74) is 1.44. The molecule has 2 unspecified atom stereocenters. The number of fused-ring (bicyclic) bond motifs is 1. The van der Waals surface area contributed by atoms with Gasteiger partial charge in [0.2, 0.25) is 0 Å². The number of nitrogens with one attached hydrogen (secondary N) is 1. The summed E-state index contributed by atoms with van der Waals surface area (Å²) in [4.78, 5) is 27.1. The normalized spacial score (nSPS) is 19.6. The molecule has 9 heteroatoms. The van der Waals surface area contributed by atoms with Gasteiger partial charge in [0.05, 0.1) is 5.56 Å². The van der Waals surface area contributed by atoms with E-state index in [-0.39, 0.29) is 29.6 Å². The van der Waals surface area contributed by atoms with Gasteiger partial charge in [0, 0.05) is 30.9 Å². The van der Waals surface area contributed by atoms with E-state index in [0.29, 0.717) is 29.9 Å². The van der Waals surface area contributed by atoms with Gasteiger partial charge in [0.25, 0.3) is 11.8 Å². The Bertz CT molecular complexity index is 1020. The van der Waals surface area contributed by atoms with Crippen LogP contribution in [0.15, 0.2) is 42.6 Å². The number of piperidine rings is 1. The minimum absolute atomic E-state index is 0.134. The summed E-state index contributed by atoms with van der Waals surface area (Å²) in [5.74, 6) is -0.571. The third-order valence-corrected chi connectivity index (χ3v) is 4.83. The van der Waals surface area contributed by atoms with Crippen LogP contribution in [0.5, 0.6) is 0 Å². The molecule has 1 aliphatic heterocycles. The topological polar surface area (TPSA) is 92.5 Å². The molecule has 2 amide bonds. The predicted molar refractivity (Wildman–Crippen MR) is 98.1 cm³/mol. The van der Waals surface area contributed by atoms with Crippen LogP contribution in [0.25, 0.3) is 5.65 Å². The molecule has 8 nitrogen and oxygen atoms in total. The average Bonchev–Trinajstić information content (AvgIpc) is 3.15. The lowest BCUT2D eigenvalue weighted by Crippen LogP contribution is -2.52. The van der Waals surface area contributed by atoms with Crippen LogP contribution >= 0.6 is 0 Å². The molecule has 2 aromatic heterocycles. The molecular formula is C19H19FN6O2. The van der Waals surface area contributed by atoms with E-state index in [4.69, 9.17) is 0 Å². The van der Waals surface area contributed by atoms with Gasteiger partial charge in [-0.15, -0.1) is 5.10 Å². The van der Waals surface area contributed by atoms with Gasteiger partial charge in [0.1, 0.15) is 5.82 Å². The molecule has 3 aromatic rings. The first-order chi connectivity index (χ1) is 13.5. The molecule has 2 atom stereocenters. The Labute approximate surface area is 160 Å². The van der Waals surface area contributed by atoms with Gasteiger partial charge < -0.3 is 10.2 Å². The number of rotatable bonds is 3. The van der Waals surface area contributed by atoms with Crippen LogP contribution in [0.3, 0.4) is 0 Å². The van der Waals surface area contributed by atoms with Crippen LogP contribution < -0.4 is 5.32 Å². The first-order valence-electron chi connectivity index (χ1n) is 9.03. The van der Waals surface area contributed by atoms with Crippen LogP contribution in [-0.2, 0) is 0 Å². The molecule has 0 bridgehead atoms. The molecule has 1 saturated heterocycles. The molecule has 4 rings (SSSR count). The number of carbonyl (C=O) groups excluding carboxylic acids is 2. The van der Waals surface area contributed by atoms with Crippen molar-refractivity contribution in [3.63, 3.8) is 0 Å². The summed E-state index contributed by atoms with van der Waals surface area (Å²) >= 11 is 0. The minimum atomic E-state index is -0.390. The van der Waals surface area contributed by atoms with Crippen LogP contribution in [-0.4, -0.2) is 55.9 Å². The molecule has 0 radical (unpaired) electrons. The molecule has 1 aliphatic rings. The Morgan fingerprint density at radius 2 is 1.86 bits per heavy atom. The third-order valence-electron chi connectivity index (χ3n) is 4.83. The highest BCUT2D eigenvalue weighted by atomic mass is 19.1. The molecule has 0 aliphatic carbocycles. The van der Waals surface area contributed by atoms with E-state index in [1.54, 1.807) is 23.2 Å². The number of pyridine rings is 1. The first kappa shape index (κ1) is 18.0. The van der Waals surface area contributed by atoms with Crippen molar-refractivity contribution in [3.05, 3.63) is 59.5 Å². The third kappa shape index (κ3) is 3.68. The monoisotopic (exact) mass is 382 g/mol. The van der Waals surface area contributed by atoms with Gasteiger partial charge in [-0.05, 0) is 59.2 Å². The number of halogens is 1. The SMILES string of the molecule is CC1CC(NC(=O)c2ccc(F)cc2)CN(C(=O)c2ccc3nnnn3c2)C1. The maximum Gasteiger partial charge on any atom is 0.255 e. The smallest absolute Gasteiger partial charge is 0.255 e. The fourth-order valence-corrected chi connectivity index (χ4v) is 3.54. The lowest BCUT2D eigenvalue weighted by molar-refractivity contribution is 0.0621. The largest absolute Gasteiger partial charge is 0.348 e. The van der Waals surface area contributed by atoms with Gasteiger partial charge in [-0.3, -0.25) is 9.59 Å². The van der Waals surface area contributed by atoms with E-state index in [9.17, 15) is 14.0 Å². The minimum Gasteiger partial charge on any atom is -0.348 e. The van der Waals surface area contributed by atoms with Crippen molar-refractivity contribution in [2.75, 3.05) is 13.1 Å². The number of hydrogen-bond donors (Lipinski definition) is 1. The van der Waals surface area contributed by atoms with E-state index >= 15 is 0 Å². The zero-order chi connectivity index (χ0) is 19.7. The highest BCUT2D eigenvalue weighted by Gasteiger charge is 2.29. The van der Waals surface area contributed by atoms with E-state index in [1.165, 1.54) is 28.8 Å². The standard InChI is InChI=1S/C19H19FN6O2/c1-12-8-16(21-18(27)13-2-5-15(20)6-3-13)11-25(9-12)19(28)14-4-7-17-22-23-24-26(17)10-14/h2-7,10,12,16H,8-9,11H2,1H3,(H,21,27). The molecule has 144 valence electrons. The van der Waals surface area contributed by atoms with Gasteiger partial charge in [-0.2, -0.15) is 4.52 Å². The molecule has 1 fully saturated rings. The molecule has 0 spiro atoms. The van der Waals surface area contributed by atoms with Crippen molar-refractivity contribution >= 4 is 17.5 Å². The lowest BCUT2D eigenvalue weighted by Gasteiger charge is -2.36. The van der Waals surface area contributed by atoms with E-state index in [2.05, 4.69) is 20.8 Å². The highest BCUT2D eigenvalue weighted by molar-refractivity contribution is 5.95. The number of carbonyl (C=O) groups is 2. The molecule has 0 saturated carbocycles. The number of likely N-dealkylation sites (tertiary alicyclic amines) is 1. The molecule has 1 aromatic carbocycles. The number of benzene rings is 1. The summed E-state index contributed by atoms with van der Waals surface area (Å²) in [6.07, 6.45) is 2.37. The summed E-state index contributed by atoms with van der Waals surface area (Å²) in [6, 6.07) is 8.60. The highest BCUT2D eigenvalue weighted by Crippen LogP contribution is 2.19. The van der Waals surface area contributed by atoms with Crippen molar-refractivity contribution in [2.45, 2.75) is 19.4 Å². The summed E-state index contributed by atoms with van der Waals surface area (Å²) in [6.45, 7) is 3.06. The number of nitrogens with zero attached hydrogens (tertiary/aromatic N) is 5. The Hall–Kier alpha value is -3.36. The van der Waals surface area contributed by atoms with Crippen LogP contribution in [0.4, 0.5) is 4.39 Å². The fourth-order valence-electron chi connectivity index (χ4n) is 3.54. The maximum atomic E-state index is 13.0. The summed E-state index contributed by atoms with van der Waals surface area (Å²) in [7, 11) is 0. The quantitative estimate of drug-likeness (QED) is 0.742. The Morgan fingerprint density at radius 1 is 1.11 bits per heavy atom. The molecule has 3 heterocycles. The van der Waals surface area contributed by atoms with E-state index < -0.39 is 0 Å². The zero-order valence-corrected chi connectivity index (χ0v) is 15.2. The Kier molecular flexibility index (Phi) is 4.72. The second-order valence-corrected chi connectivity index (χ2v) is 7.13. The fraction of sp³-hybridized carbons (Fsp3) is 0.316. The van der Waals surface area contributed by atoms with E-state index in [0.717, 1.165) is 6.42 Å². The van der Waals surface area contributed by atoms with Crippen LogP contribution in [0.2, 0.25) is 0 Å². The Morgan fingerprint density at radius 3 is 2.64 bits per heavy atom. The second kappa shape index (κ2) is 7.34. The number of hydrogen-bond acceptors (Lipinski definition) is 5. The lowest BCUT2D eigenvalue weighted by atomic mass is 9.95. The van der Waals surface area contributed by atoms with Gasteiger partial charge in [-0.25, -0.2) is 4.39 Å². The van der Waals surface area contributed by atoms with Gasteiger partial charge in [-0.1, -0.05) is 6.92 Å². The number of tetrazole rings is 1. The van der Waals surface area contributed by atoms with Crippen molar-refractivity contribution in [2.24, 2.45) is 5.92 Å². The number of aromatic nitrogens is 4. The van der Waals surface area contributed by atoms with Crippen LogP contribution in [0.1, 0.15) is 34.1 Å².